The molecule has 2 fully saturated rings. The minimum Gasteiger partial charge on any atom is -0.336 e. The van der Waals surface area contributed by atoms with Crippen molar-refractivity contribution < 1.29 is 9.59 Å². The fraction of sp³-hybridized carbons (Fsp3) is 0.333. The molecule has 2 aromatic carbocycles. The van der Waals surface area contributed by atoms with Crippen LogP contribution < -0.4 is 15.5 Å². The summed E-state index contributed by atoms with van der Waals surface area (Å²) in [4.78, 5) is 26.4. The van der Waals surface area contributed by atoms with E-state index in [0.717, 1.165) is 37.1 Å². The van der Waals surface area contributed by atoms with Crippen LogP contribution in [-0.2, 0) is 11.2 Å². The number of benzene rings is 2. The van der Waals surface area contributed by atoms with Gasteiger partial charge >= 0.3 is 6.03 Å². The summed E-state index contributed by atoms with van der Waals surface area (Å²) in [6.07, 6.45) is 3.74. The third kappa shape index (κ3) is 3.17. The lowest BCUT2D eigenvalue weighted by Crippen LogP contribution is -2.43. The molecule has 1 saturated carbocycles. The van der Waals surface area contributed by atoms with Crippen molar-refractivity contribution in [1.29, 1.82) is 0 Å². The highest BCUT2D eigenvalue weighted by Crippen LogP contribution is 2.44. The lowest BCUT2D eigenvalue weighted by molar-refractivity contribution is -0.130. The van der Waals surface area contributed by atoms with Gasteiger partial charge in [-0.3, -0.25) is 9.69 Å². The molecule has 26 heavy (non-hydrogen) atoms. The highest BCUT2D eigenvalue weighted by molar-refractivity contribution is 5.97. The van der Waals surface area contributed by atoms with E-state index >= 15 is 0 Å². The first-order valence-electron chi connectivity index (χ1n) is 9.17. The predicted molar refractivity (Wildman–Crippen MR) is 102 cm³/mol. The third-order valence-corrected chi connectivity index (χ3v) is 5.47. The Hall–Kier alpha value is -2.82. The van der Waals surface area contributed by atoms with E-state index in [4.69, 9.17) is 0 Å². The minimum atomic E-state index is -0.297. The van der Waals surface area contributed by atoms with Crippen molar-refractivity contribution >= 4 is 23.3 Å². The molecule has 5 heteroatoms. The number of rotatable bonds is 5. The van der Waals surface area contributed by atoms with Crippen molar-refractivity contribution in [1.82, 2.24) is 5.32 Å². The zero-order valence-electron chi connectivity index (χ0n) is 14.7. The first-order valence-corrected chi connectivity index (χ1v) is 9.17. The molecule has 2 aromatic rings. The largest absolute Gasteiger partial charge is 0.336 e. The van der Waals surface area contributed by atoms with E-state index in [2.05, 4.69) is 22.8 Å². The fourth-order valence-corrected chi connectivity index (χ4v) is 3.78. The second-order valence-electron chi connectivity index (χ2n) is 7.18. The number of amides is 3. The number of urea groups is 1. The molecule has 0 radical (unpaired) electrons. The van der Waals surface area contributed by atoms with Gasteiger partial charge in [0.25, 0.3) is 0 Å². The van der Waals surface area contributed by atoms with Crippen molar-refractivity contribution in [3.8, 4) is 0 Å². The van der Waals surface area contributed by atoms with E-state index in [1.807, 2.05) is 42.5 Å². The Morgan fingerprint density at radius 1 is 1.08 bits per heavy atom. The van der Waals surface area contributed by atoms with E-state index in [9.17, 15) is 9.59 Å². The molecule has 2 N–H and O–H groups in total. The van der Waals surface area contributed by atoms with Gasteiger partial charge in [-0.1, -0.05) is 36.8 Å². The van der Waals surface area contributed by atoms with Crippen LogP contribution in [0.25, 0.3) is 0 Å². The maximum absolute atomic E-state index is 12.9. The molecule has 0 unspecified atom stereocenters. The molecule has 0 bridgehead atoms. The smallest absolute Gasteiger partial charge is 0.321 e. The Balaban J connectivity index is 1.44. The topological polar surface area (TPSA) is 61.4 Å². The summed E-state index contributed by atoms with van der Waals surface area (Å²) in [5.74, 6) is 0.0965. The van der Waals surface area contributed by atoms with Gasteiger partial charge in [-0.15, -0.1) is 0 Å². The first kappa shape index (κ1) is 16.6. The van der Waals surface area contributed by atoms with Crippen LogP contribution in [0.3, 0.4) is 0 Å². The number of hydrogen-bond acceptors (Lipinski definition) is 2. The maximum atomic E-state index is 12.9. The average molecular weight is 349 g/mol. The van der Waals surface area contributed by atoms with Crippen LogP contribution in [0.4, 0.5) is 16.2 Å². The number of hydrogen-bond donors (Lipinski definition) is 2. The fourth-order valence-electron chi connectivity index (χ4n) is 3.78. The van der Waals surface area contributed by atoms with E-state index in [-0.39, 0.29) is 17.4 Å². The molecule has 2 aliphatic rings. The Morgan fingerprint density at radius 2 is 1.81 bits per heavy atom. The van der Waals surface area contributed by atoms with Crippen LogP contribution in [-0.4, -0.2) is 25.0 Å². The highest BCUT2D eigenvalue weighted by Gasteiger charge is 2.44. The zero-order chi connectivity index (χ0) is 18.0. The van der Waals surface area contributed by atoms with Gasteiger partial charge in [-0.25, -0.2) is 4.79 Å². The van der Waals surface area contributed by atoms with E-state index in [0.29, 0.717) is 13.1 Å². The van der Waals surface area contributed by atoms with Crippen LogP contribution >= 0.6 is 0 Å². The minimum absolute atomic E-state index is 0.0712. The Morgan fingerprint density at radius 3 is 2.38 bits per heavy atom. The second kappa shape index (κ2) is 6.83. The van der Waals surface area contributed by atoms with Gasteiger partial charge in [0, 0.05) is 24.5 Å². The molecule has 0 spiro atoms. The molecule has 0 atom stereocenters. The van der Waals surface area contributed by atoms with Gasteiger partial charge in [0.2, 0.25) is 5.91 Å². The van der Waals surface area contributed by atoms with Gasteiger partial charge in [0.15, 0.2) is 0 Å². The van der Waals surface area contributed by atoms with Crippen molar-refractivity contribution in [2.24, 2.45) is 5.41 Å². The second-order valence-corrected chi connectivity index (χ2v) is 7.18. The monoisotopic (exact) mass is 349 g/mol. The van der Waals surface area contributed by atoms with Crippen LogP contribution in [0.15, 0.2) is 54.6 Å². The molecule has 1 saturated heterocycles. The number of nitrogens with zero attached hydrogens (tertiary/aromatic N) is 1. The molecule has 0 aromatic heterocycles. The van der Waals surface area contributed by atoms with Gasteiger partial charge < -0.3 is 10.6 Å². The van der Waals surface area contributed by atoms with Gasteiger partial charge in [-0.2, -0.15) is 0 Å². The zero-order valence-corrected chi connectivity index (χ0v) is 14.7. The molecule has 4 rings (SSSR count). The van der Waals surface area contributed by atoms with Crippen molar-refractivity contribution in [3.05, 3.63) is 60.2 Å². The van der Waals surface area contributed by atoms with E-state index < -0.39 is 0 Å². The molecule has 1 aliphatic carbocycles. The van der Waals surface area contributed by atoms with E-state index in [1.54, 1.807) is 4.90 Å². The number of nitrogens with one attached hydrogen (secondary N) is 2. The van der Waals surface area contributed by atoms with Crippen LogP contribution in [0.5, 0.6) is 0 Å². The quantitative estimate of drug-likeness (QED) is 0.867. The molecule has 5 nitrogen and oxygen atoms in total. The summed E-state index contributed by atoms with van der Waals surface area (Å²) in [5, 5.41) is 5.87. The number of carbonyl (C=O) groups is 2. The summed E-state index contributed by atoms with van der Waals surface area (Å²) in [5.41, 5.74) is 2.53. The van der Waals surface area contributed by atoms with Crippen LogP contribution in [0.2, 0.25) is 0 Å². The average Bonchev–Trinajstić information content (AvgIpc) is 3.05. The van der Waals surface area contributed by atoms with Crippen molar-refractivity contribution in [2.75, 3.05) is 23.3 Å². The Kier molecular flexibility index (Phi) is 4.37. The predicted octanol–water partition coefficient (Wildman–Crippen LogP) is 3.57. The Labute approximate surface area is 153 Å². The third-order valence-electron chi connectivity index (χ3n) is 5.47. The van der Waals surface area contributed by atoms with Crippen LogP contribution in [0, 0.1) is 5.41 Å². The number of carbonyl (C=O) groups excluding carboxylic acids is 2. The Bertz CT molecular complexity index is 798. The van der Waals surface area contributed by atoms with Crippen molar-refractivity contribution in [3.63, 3.8) is 0 Å². The standard InChI is InChI=1S/C21H23N3O2/c25-19(21(11-4-12-21)15-16-5-2-1-3-6-16)23-17-7-9-18(10-8-17)24-14-13-22-20(24)26/h1-3,5-10H,4,11-15H2,(H,22,26)(H,23,25). The summed E-state index contributed by atoms with van der Waals surface area (Å²) < 4.78 is 0. The molecule has 3 amide bonds. The van der Waals surface area contributed by atoms with Gasteiger partial charge in [0.05, 0.1) is 5.41 Å². The first-order chi connectivity index (χ1) is 12.7. The molecule has 134 valence electrons. The summed E-state index contributed by atoms with van der Waals surface area (Å²) in [6, 6.07) is 17.6. The van der Waals surface area contributed by atoms with E-state index in [1.165, 1.54) is 5.56 Å². The maximum Gasteiger partial charge on any atom is 0.321 e. The summed E-state index contributed by atoms with van der Waals surface area (Å²) >= 11 is 0. The molecule has 1 heterocycles. The highest BCUT2D eigenvalue weighted by atomic mass is 16.2. The summed E-state index contributed by atoms with van der Waals surface area (Å²) in [6.45, 7) is 1.34. The summed E-state index contributed by atoms with van der Waals surface area (Å²) in [7, 11) is 0. The normalized spacial score (nSPS) is 18.2. The lowest BCUT2D eigenvalue weighted by atomic mass is 9.64. The van der Waals surface area contributed by atoms with Crippen LogP contribution in [0.1, 0.15) is 24.8 Å². The SMILES string of the molecule is O=C1NCCN1c1ccc(NC(=O)C2(Cc3ccccc3)CCC2)cc1. The molecular formula is C21H23N3O2. The molecule has 1 aliphatic heterocycles. The number of anilines is 2. The van der Waals surface area contributed by atoms with Gasteiger partial charge in [0.1, 0.15) is 0 Å². The lowest BCUT2D eigenvalue weighted by Gasteiger charge is -2.40. The molecular weight excluding hydrogens is 326 g/mol. The van der Waals surface area contributed by atoms with Gasteiger partial charge in [-0.05, 0) is 49.1 Å². The van der Waals surface area contributed by atoms with Crippen molar-refractivity contribution in [2.45, 2.75) is 25.7 Å².